The smallest absolute Gasteiger partial charge is 0.305 e. The number of hydrogen-bond donors (Lipinski definition) is 1. The van der Waals surface area contributed by atoms with Crippen LogP contribution >= 0.6 is 11.3 Å². The van der Waals surface area contributed by atoms with Crippen LogP contribution in [0, 0.1) is 21.7 Å². The average molecular weight is 313 g/mol. The zero-order valence-electron chi connectivity index (χ0n) is 11.4. The normalized spacial score (nSPS) is 12.4. The maximum absolute atomic E-state index is 14.1. The predicted molar refractivity (Wildman–Crippen MR) is 76.2 cm³/mol. The third kappa shape index (κ3) is 3.06. The number of thiazole rings is 1. The molecule has 1 heterocycles. The first-order valence-corrected chi connectivity index (χ1v) is 7.15. The number of nitro benzene ring substituents is 1. The Labute approximate surface area is 123 Å². The Bertz CT molecular complexity index is 675. The lowest BCUT2D eigenvalue weighted by molar-refractivity contribution is -0.387. The van der Waals surface area contributed by atoms with Gasteiger partial charge in [0.2, 0.25) is 5.82 Å². The standard InChI is InChI=1S/C13H13F2N3O2S/c1-3-16-7(2)9-6-21-13(17-9)11-8(14)4-5-10(12(11)15)18(19)20/h4-7,16H,3H2,1-2H3. The van der Waals surface area contributed by atoms with Crippen molar-refractivity contribution in [2.45, 2.75) is 19.9 Å². The minimum absolute atomic E-state index is 0.0650. The maximum atomic E-state index is 14.1. The van der Waals surface area contributed by atoms with Gasteiger partial charge in [-0.05, 0) is 19.5 Å². The summed E-state index contributed by atoms with van der Waals surface area (Å²) in [4.78, 5) is 14.0. The van der Waals surface area contributed by atoms with E-state index < -0.39 is 27.8 Å². The monoisotopic (exact) mass is 313 g/mol. The molecule has 0 spiro atoms. The van der Waals surface area contributed by atoms with E-state index in [0.717, 1.165) is 30.0 Å². The molecule has 0 saturated heterocycles. The Morgan fingerprint density at radius 3 is 2.81 bits per heavy atom. The van der Waals surface area contributed by atoms with Gasteiger partial charge < -0.3 is 5.32 Å². The van der Waals surface area contributed by atoms with Gasteiger partial charge >= 0.3 is 5.69 Å². The Kier molecular flexibility index (Phi) is 4.59. The van der Waals surface area contributed by atoms with Crippen LogP contribution in [0.3, 0.4) is 0 Å². The number of aromatic nitrogens is 1. The minimum Gasteiger partial charge on any atom is -0.309 e. The average Bonchev–Trinajstić information content (AvgIpc) is 2.88. The Hall–Kier alpha value is -1.93. The second-order valence-corrected chi connectivity index (χ2v) is 5.23. The van der Waals surface area contributed by atoms with Gasteiger partial charge in [-0.2, -0.15) is 4.39 Å². The SMILES string of the molecule is CCNC(C)c1csc(-c2c(F)ccc([N+](=O)[O-])c2F)n1. The van der Waals surface area contributed by atoms with Crippen LogP contribution in [0.4, 0.5) is 14.5 Å². The van der Waals surface area contributed by atoms with Gasteiger partial charge in [0.1, 0.15) is 10.8 Å². The molecular weight excluding hydrogens is 300 g/mol. The number of rotatable bonds is 5. The predicted octanol–water partition coefficient (Wildman–Crippen LogP) is 3.67. The lowest BCUT2D eigenvalue weighted by Crippen LogP contribution is -2.17. The first-order valence-electron chi connectivity index (χ1n) is 6.27. The minimum atomic E-state index is -1.20. The fourth-order valence-electron chi connectivity index (χ4n) is 1.89. The number of nitrogens with one attached hydrogen (secondary N) is 1. The fourth-order valence-corrected chi connectivity index (χ4v) is 2.84. The Balaban J connectivity index is 2.47. The highest BCUT2D eigenvalue weighted by Gasteiger charge is 2.24. The van der Waals surface area contributed by atoms with E-state index in [0.29, 0.717) is 5.69 Å². The van der Waals surface area contributed by atoms with Gasteiger partial charge in [0.05, 0.1) is 16.2 Å². The summed E-state index contributed by atoms with van der Waals surface area (Å²) in [6.45, 7) is 4.54. The molecule has 0 amide bonds. The van der Waals surface area contributed by atoms with E-state index in [1.165, 1.54) is 0 Å². The Morgan fingerprint density at radius 2 is 2.19 bits per heavy atom. The van der Waals surface area contributed by atoms with Crippen LogP contribution in [0.2, 0.25) is 0 Å². The highest BCUT2D eigenvalue weighted by atomic mass is 32.1. The summed E-state index contributed by atoms with van der Waals surface area (Å²) in [5.41, 5.74) is -0.575. The molecule has 8 heteroatoms. The molecule has 5 nitrogen and oxygen atoms in total. The molecule has 1 unspecified atom stereocenters. The van der Waals surface area contributed by atoms with Crippen molar-refractivity contribution in [3.05, 3.63) is 45.0 Å². The molecule has 0 aliphatic carbocycles. The molecule has 1 N–H and O–H groups in total. The summed E-state index contributed by atoms with van der Waals surface area (Å²) in [6, 6.07) is 1.62. The van der Waals surface area contributed by atoms with Crippen molar-refractivity contribution >= 4 is 17.0 Å². The van der Waals surface area contributed by atoms with E-state index in [2.05, 4.69) is 10.3 Å². The summed E-state index contributed by atoms with van der Waals surface area (Å²) in [5, 5.41) is 15.6. The van der Waals surface area contributed by atoms with Gasteiger partial charge in [-0.15, -0.1) is 11.3 Å². The molecule has 112 valence electrons. The lowest BCUT2D eigenvalue weighted by Gasteiger charge is -2.08. The van der Waals surface area contributed by atoms with Crippen LogP contribution in [0.5, 0.6) is 0 Å². The topological polar surface area (TPSA) is 68.1 Å². The van der Waals surface area contributed by atoms with Crippen molar-refractivity contribution in [3.8, 4) is 10.6 Å². The summed E-state index contributed by atoms with van der Waals surface area (Å²) in [7, 11) is 0. The van der Waals surface area contributed by atoms with E-state index in [-0.39, 0.29) is 11.0 Å². The van der Waals surface area contributed by atoms with Gasteiger partial charge in [-0.3, -0.25) is 10.1 Å². The van der Waals surface area contributed by atoms with E-state index >= 15 is 0 Å². The van der Waals surface area contributed by atoms with Crippen LogP contribution in [0.25, 0.3) is 10.6 Å². The van der Waals surface area contributed by atoms with Crippen molar-refractivity contribution in [1.29, 1.82) is 0 Å². The lowest BCUT2D eigenvalue weighted by atomic mass is 10.1. The van der Waals surface area contributed by atoms with Crippen LogP contribution in [0.1, 0.15) is 25.6 Å². The maximum Gasteiger partial charge on any atom is 0.305 e. The van der Waals surface area contributed by atoms with E-state index in [1.54, 1.807) is 5.38 Å². The van der Waals surface area contributed by atoms with Crippen LogP contribution in [0.15, 0.2) is 17.5 Å². The zero-order chi connectivity index (χ0) is 15.6. The molecule has 0 aliphatic heterocycles. The summed E-state index contributed by atoms with van der Waals surface area (Å²) >= 11 is 1.05. The van der Waals surface area contributed by atoms with E-state index in [9.17, 15) is 18.9 Å². The van der Waals surface area contributed by atoms with Crippen molar-refractivity contribution in [3.63, 3.8) is 0 Å². The molecule has 0 saturated carbocycles. The molecule has 2 rings (SSSR count). The Morgan fingerprint density at radius 1 is 1.48 bits per heavy atom. The highest BCUT2D eigenvalue weighted by Crippen LogP contribution is 2.34. The molecule has 0 radical (unpaired) electrons. The van der Waals surface area contributed by atoms with Gasteiger partial charge in [0.15, 0.2) is 0 Å². The molecular formula is C13H13F2N3O2S. The van der Waals surface area contributed by atoms with Crippen LogP contribution in [-0.4, -0.2) is 16.5 Å². The zero-order valence-corrected chi connectivity index (χ0v) is 12.2. The first kappa shape index (κ1) is 15.5. The van der Waals surface area contributed by atoms with Crippen LogP contribution < -0.4 is 5.32 Å². The van der Waals surface area contributed by atoms with Crippen molar-refractivity contribution in [2.75, 3.05) is 6.54 Å². The number of halogens is 2. The van der Waals surface area contributed by atoms with Gasteiger partial charge in [-0.1, -0.05) is 6.92 Å². The largest absolute Gasteiger partial charge is 0.309 e. The quantitative estimate of drug-likeness (QED) is 0.675. The molecule has 2 aromatic rings. The number of nitro groups is 1. The number of hydrogen-bond acceptors (Lipinski definition) is 5. The van der Waals surface area contributed by atoms with Crippen molar-refractivity contribution in [1.82, 2.24) is 10.3 Å². The molecule has 0 aliphatic rings. The summed E-state index contributed by atoms with van der Waals surface area (Å²) in [5.74, 6) is -2.06. The van der Waals surface area contributed by atoms with Crippen molar-refractivity contribution in [2.24, 2.45) is 0 Å². The summed E-state index contributed by atoms with van der Waals surface area (Å²) < 4.78 is 27.9. The van der Waals surface area contributed by atoms with E-state index in [1.807, 2.05) is 13.8 Å². The second-order valence-electron chi connectivity index (χ2n) is 4.37. The molecule has 0 fully saturated rings. The first-order chi connectivity index (χ1) is 9.95. The number of nitrogens with zero attached hydrogens (tertiary/aromatic N) is 2. The van der Waals surface area contributed by atoms with Crippen molar-refractivity contribution < 1.29 is 13.7 Å². The molecule has 1 aromatic carbocycles. The summed E-state index contributed by atoms with van der Waals surface area (Å²) in [6.07, 6.45) is 0. The highest BCUT2D eigenvalue weighted by molar-refractivity contribution is 7.13. The molecule has 1 atom stereocenters. The van der Waals surface area contributed by atoms with Crippen LogP contribution in [-0.2, 0) is 0 Å². The molecule has 0 bridgehead atoms. The van der Waals surface area contributed by atoms with Gasteiger partial charge in [-0.25, -0.2) is 9.37 Å². The molecule has 21 heavy (non-hydrogen) atoms. The number of benzene rings is 1. The fraction of sp³-hybridized carbons (Fsp3) is 0.308. The molecule has 1 aromatic heterocycles. The van der Waals surface area contributed by atoms with Gasteiger partial charge in [0, 0.05) is 17.5 Å². The third-order valence-electron chi connectivity index (χ3n) is 2.96. The second kappa shape index (κ2) is 6.23. The third-order valence-corrected chi connectivity index (χ3v) is 3.84. The van der Waals surface area contributed by atoms with E-state index in [4.69, 9.17) is 0 Å². The van der Waals surface area contributed by atoms with Gasteiger partial charge in [0.25, 0.3) is 0 Å².